The van der Waals surface area contributed by atoms with Gasteiger partial charge in [0.2, 0.25) is 0 Å². The maximum absolute atomic E-state index is 11.6. The van der Waals surface area contributed by atoms with E-state index in [1.54, 1.807) is 25.1 Å². The Hall–Kier alpha value is -1.24. The zero-order valence-corrected chi connectivity index (χ0v) is 12.8. The van der Waals surface area contributed by atoms with Crippen molar-refractivity contribution in [3.05, 3.63) is 29.3 Å². The van der Waals surface area contributed by atoms with Gasteiger partial charge in [0.15, 0.2) is 0 Å². The minimum atomic E-state index is -1.05. The summed E-state index contributed by atoms with van der Waals surface area (Å²) in [5, 5.41) is 15.2. The lowest BCUT2D eigenvalue weighted by molar-refractivity contribution is -0.136. The summed E-state index contributed by atoms with van der Waals surface area (Å²) in [6, 6.07) is 6.49. The summed E-state index contributed by atoms with van der Waals surface area (Å²) in [7, 11) is 0. The second kappa shape index (κ2) is 7.52. The van der Waals surface area contributed by atoms with Crippen molar-refractivity contribution in [2.24, 2.45) is 0 Å². The van der Waals surface area contributed by atoms with E-state index in [0.717, 1.165) is 0 Å². The molecule has 1 aromatic carbocycles. The van der Waals surface area contributed by atoms with Crippen molar-refractivity contribution in [2.75, 3.05) is 23.9 Å². The number of halogens is 1. The average molecular weight is 317 g/mol. The third kappa shape index (κ3) is 5.81. The van der Waals surface area contributed by atoms with Crippen LogP contribution in [0, 0.1) is 0 Å². The van der Waals surface area contributed by atoms with E-state index in [1.165, 1.54) is 17.8 Å². The second-order valence-corrected chi connectivity index (χ2v) is 5.88. The van der Waals surface area contributed by atoms with Crippen molar-refractivity contribution in [1.82, 2.24) is 5.32 Å². The number of nitrogens with one attached hydrogen (secondary N) is 2. The normalized spacial score (nSPS) is 13.4. The van der Waals surface area contributed by atoms with Crippen LogP contribution in [-0.4, -0.2) is 41.1 Å². The number of carbonyl (C=O) groups is 2. The quantitative estimate of drug-likeness (QED) is 0.720. The molecule has 2 amide bonds. The van der Waals surface area contributed by atoms with Gasteiger partial charge >= 0.3 is 11.8 Å². The van der Waals surface area contributed by atoms with Gasteiger partial charge in [-0.25, -0.2) is 0 Å². The standard InChI is InChI=1S/C13H17ClN2O3S/c1-13(19,8-20-2)7-15-11(17)12(18)16-10-5-3-4-9(14)6-10/h3-6,19H,7-8H2,1-2H3,(H,15,17)(H,16,18). The van der Waals surface area contributed by atoms with Gasteiger partial charge in [-0.1, -0.05) is 17.7 Å². The minimum absolute atomic E-state index is 0.00956. The van der Waals surface area contributed by atoms with Crippen LogP contribution in [0.4, 0.5) is 5.69 Å². The van der Waals surface area contributed by atoms with E-state index >= 15 is 0 Å². The van der Waals surface area contributed by atoms with E-state index in [-0.39, 0.29) is 6.54 Å². The van der Waals surface area contributed by atoms with E-state index < -0.39 is 17.4 Å². The summed E-state index contributed by atoms with van der Waals surface area (Å²) >= 11 is 7.23. The van der Waals surface area contributed by atoms with Crippen molar-refractivity contribution >= 4 is 40.9 Å². The van der Waals surface area contributed by atoms with Gasteiger partial charge in [-0.3, -0.25) is 9.59 Å². The lowest BCUT2D eigenvalue weighted by atomic mass is 10.1. The van der Waals surface area contributed by atoms with Gasteiger partial charge < -0.3 is 15.7 Å². The highest BCUT2D eigenvalue weighted by Crippen LogP contribution is 2.14. The van der Waals surface area contributed by atoms with Gasteiger partial charge in [0.25, 0.3) is 0 Å². The third-order valence-electron chi connectivity index (χ3n) is 2.37. The number of hydrogen-bond donors (Lipinski definition) is 3. The predicted molar refractivity (Wildman–Crippen MR) is 82.1 cm³/mol. The van der Waals surface area contributed by atoms with Crippen LogP contribution in [-0.2, 0) is 9.59 Å². The van der Waals surface area contributed by atoms with Crippen molar-refractivity contribution in [3.8, 4) is 0 Å². The molecule has 0 aliphatic rings. The molecule has 0 saturated carbocycles. The van der Waals surface area contributed by atoms with Crippen molar-refractivity contribution in [3.63, 3.8) is 0 Å². The molecule has 0 aliphatic carbocycles. The summed E-state index contributed by atoms with van der Waals surface area (Å²) in [4.78, 5) is 23.3. The summed E-state index contributed by atoms with van der Waals surface area (Å²) in [6.45, 7) is 1.61. The van der Waals surface area contributed by atoms with Crippen molar-refractivity contribution < 1.29 is 14.7 Å². The first-order valence-electron chi connectivity index (χ1n) is 5.90. The molecule has 1 unspecified atom stereocenters. The Morgan fingerprint density at radius 1 is 1.40 bits per heavy atom. The molecule has 0 aromatic heterocycles. The number of rotatable bonds is 5. The fraction of sp³-hybridized carbons (Fsp3) is 0.385. The van der Waals surface area contributed by atoms with Crippen LogP contribution in [0.25, 0.3) is 0 Å². The number of anilines is 1. The van der Waals surface area contributed by atoms with E-state index in [1.807, 2.05) is 6.26 Å². The summed E-state index contributed by atoms with van der Waals surface area (Å²) in [5.41, 5.74) is -0.612. The molecule has 7 heteroatoms. The third-order valence-corrected chi connectivity index (χ3v) is 3.52. The van der Waals surface area contributed by atoms with Crippen LogP contribution in [0.15, 0.2) is 24.3 Å². The van der Waals surface area contributed by atoms with Gasteiger partial charge in [-0.05, 0) is 31.4 Å². The zero-order chi connectivity index (χ0) is 15.2. The fourth-order valence-electron chi connectivity index (χ4n) is 1.47. The van der Waals surface area contributed by atoms with Crippen LogP contribution in [0.3, 0.4) is 0 Å². The Balaban J connectivity index is 2.50. The Morgan fingerprint density at radius 2 is 2.10 bits per heavy atom. The van der Waals surface area contributed by atoms with Crippen LogP contribution in [0.2, 0.25) is 5.02 Å². The topological polar surface area (TPSA) is 78.4 Å². The molecule has 5 nitrogen and oxygen atoms in total. The first-order valence-corrected chi connectivity index (χ1v) is 7.67. The molecule has 20 heavy (non-hydrogen) atoms. The van der Waals surface area contributed by atoms with Gasteiger partial charge in [-0.2, -0.15) is 11.8 Å². The average Bonchev–Trinajstić information content (AvgIpc) is 2.36. The van der Waals surface area contributed by atoms with Gasteiger partial charge in [0.1, 0.15) is 0 Å². The molecular weight excluding hydrogens is 300 g/mol. The monoisotopic (exact) mass is 316 g/mol. The highest BCUT2D eigenvalue weighted by atomic mass is 35.5. The summed E-state index contributed by atoms with van der Waals surface area (Å²) in [6.07, 6.45) is 1.85. The molecule has 1 rings (SSSR count). The Kier molecular flexibility index (Phi) is 6.32. The SMILES string of the molecule is CSCC(C)(O)CNC(=O)C(=O)Nc1cccc(Cl)c1. The van der Waals surface area contributed by atoms with Crippen LogP contribution < -0.4 is 10.6 Å². The molecular formula is C13H17ClN2O3S. The molecule has 3 N–H and O–H groups in total. The Morgan fingerprint density at radius 3 is 2.70 bits per heavy atom. The van der Waals surface area contributed by atoms with Gasteiger partial charge in [0, 0.05) is 23.0 Å². The lowest BCUT2D eigenvalue weighted by Crippen LogP contribution is -2.45. The highest BCUT2D eigenvalue weighted by molar-refractivity contribution is 7.98. The number of amides is 2. The highest BCUT2D eigenvalue weighted by Gasteiger charge is 2.22. The van der Waals surface area contributed by atoms with Gasteiger partial charge in [0.05, 0.1) is 5.60 Å². The Bertz CT molecular complexity index is 494. The molecule has 0 aliphatic heterocycles. The molecule has 110 valence electrons. The van der Waals surface area contributed by atoms with Crippen molar-refractivity contribution in [2.45, 2.75) is 12.5 Å². The maximum Gasteiger partial charge on any atom is 0.313 e. The van der Waals surface area contributed by atoms with Crippen LogP contribution in [0.1, 0.15) is 6.92 Å². The first kappa shape index (κ1) is 16.8. The molecule has 1 aromatic rings. The summed E-state index contributed by atoms with van der Waals surface area (Å²) in [5.74, 6) is -1.14. The molecule has 1 atom stereocenters. The number of thioether (sulfide) groups is 1. The molecule has 0 bridgehead atoms. The van der Waals surface area contributed by atoms with Gasteiger partial charge in [-0.15, -0.1) is 0 Å². The number of carbonyl (C=O) groups excluding carboxylic acids is 2. The largest absolute Gasteiger partial charge is 0.387 e. The Labute approximate surface area is 127 Å². The number of hydrogen-bond acceptors (Lipinski definition) is 4. The fourth-order valence-corrected chi connectivity index (χ4v) is 2.38. The second-order valence-electron chi connectivity index (χ2n) is 4.58. The molecule has 0 spiro atoms. The summed E-state index contributed by atoms with van der Waals surface area (Å²) < 4.78 is 0. The zero-order valence-electron chi connectivity index (χ0n) is 11.3. The van der Waals surface area contributed by atoms with E-state index in [4.69, 9.17) is 11.6 Å². The maximum atomic E-state index is 11.6. The number of aliphatic hydroxyl groups is 1. The van der Waals surface area contributed by atoms with E-state index in [0.29, 0.717) is 16.5 Å². The van der Waals surface area contributed by atoms with E-state index in [9.17, 15) is 14.7 Å². The van der Waals surface area contributed by atoms with Crippen LogP contribution in [0.5, 0.6) is 0 Å². The molecule has 0 heterocycles. The van der Waals surface area contributed by atoms with Crippen LogP contribution >= 0.6 is 23.4 Å². The molecule has 0 saturated heterocycles. The predicted octanol–water partition coefficient (Wildman–Crippen LogP) is 1.51. The van der Waals surface area contributed by atoms with Crippen molar-refractivity contribution in [1.29, 1.82) is 0 Å². The minimum Gasteiger partial charge on any atom is -0.387 e. The lowest BCUT2D eigenvalue weighted by Gasteiger charge is -2.22. The van der Waals surface area contributed by atoms with E-state index in [2.05, 4.69) is 10.6 Å². The number of benzene rings is 1. The molecule has 0 radical (unpaired) electrons. The smallest absolute Gasteiger partial charge is 0.313 e. The first-order chi connectivity index (χ1) is 9.34. The molecule has 0 fully saturated rings.